The van der Waals surface area contributed by atoms with E-state index in [9.17, 15) is 4.79 Å². The number of aryl methyl sites for hydroxylation is 2. The zero-order valence-corrected chi connectivity index (χ0v) is 16.4. The fourth-order valence-electron chi connectivity index (χ4n) is 3.53. The van der Waals surface area contributed by atoms with E-state index in [4.69, 9.17) is 8.83 Å². The Morgan fingerprint density at radius 2 is 1.75 bits per heavy atom. The van der Waals surface area contributed by atoms with Crippen LogP contribution in [0.15, 0.2) is 39.2 Å². The molecule has 1 aromatic carbocycles. The molecule has 7 heteroatoms. The lowest BCUT2D eigenvalue weighted by molar-refractivity contribution is 0.101. The number of ketones is 1. The van der Waals surface area contributed by atoms with Crippen molar-refractivity contribution in [1.29, 1.82) is 0 Å². The van der Waals surface area contributed by atoms with Crippen LogP contribution in [0.4, 0.5) is 5.69 Å². The van der Waals surface area contributed by atoms with E-state index in [1.165, 1.54) is 0 Å². The smallest absolute Gasteiger partial charge is 0.251 e. The maximum atomic E-state index is 11.4. The van der Waals surface area contributed by atoms with Crippen LogP contribution in [0.1, 0.15) is 34.7 Å². The first-order chi connectivity index (χ1) is 13.5. The molecule has 3 aromatic rings. The summed E-state index contributed by atoms with van der Waals surface area (Å²) in [5.41, 5.74) is 2.75. The third-order valence-corrected chi connectivity index (χ3v) is 5.11. The van der Waals surface area contributed by atoms with Gasteiger partial charge in [-0.15, -0.1) is 10.2 Å². The fraction of sp³-hybridized carbons (Fsp3) is 0.381. The summed E-state index contributed by atoms with van der Waals surface area (Å²) in [6.07, 6.45) is 0. The first-order valence-corrected chi connectivity index (χ1v) is 9.47. The Morgan fingerprint density at radius 1 is 1.04 bits per heavy atom. The summed E-state index contributed by atoms with van der Waals surface area (Å²) in [7, 11) is 0. The number of furan rings is 1. The van der Waals surface area contributed by atoms with Crippen molar-refractivity contribution < 1.29 is 13.6 Å². The molecule has 0 unspecified atom stereocenters. The van der Waals surface area contributed by atoms with Crippen molar-refractivity contribution in [3.63, 3.8) is 0 Å². The molecule has 1 aliphatic rings. The summed E-state index contributed by atoms with van der Waals surface area (Å²) >= 11 is 0. The molecule has 0 N–H and O–H groups in total. The van der Waals surface area contributed by atoms with Gasteiger partial charge in [0.25, 0.3) is 5.89 Å². The highest BCUT2D eigenvalue weighted by Gasteiger charge is 2.21. The van der Waals surface area contributed by atoms with Crippen LogP contribution in [0.25, 0.3) is 11.5 Å². The van der Waals surface area contributed by atoms with Gasteiger partial charge < -0.3 is 13.7 Å². The summed E-state index contributed by atoms with van der Waals surface area (Å²) in [4.78, 5) is 16.1. The summed E-state index contributed by atoms with van der Waals surface area (Å²) in [6, 6.07) is 9.74. The number of hydrogen-bond donors (Lipinski definition) is 0. The maximum Gasteiger partial charge on any atom is 0.251 e. The van der Waals surface area contributed by atoms with E-state index in [-0.39, 0.29) is 5.78 Å². The second-order valence-corrected chi connectivity index (χ2v) is 7.19. The van der Waals surface area contributed by atoms with Crippen molar-refractivity contribution in [2.24, 2.45) is 0 Å². The Balaban J connectivity index is 1.34. The molecule has 0 aliphatic carbocycles. The standard InChI is InChI=1S/C21H24N4O3/c1-14-12-19(16(3)27-14)21-23-22-20(28-21)13-24-8-10-25(11-9-24)18-6-4-17(5-7-18)15(2)26/h4-7,12H,8-11,13H2,1-3H3. The Morgan fingerprint density at radius 3 is 2.36 bits per heavy atom. The van der Waals surface area contributed by atoms with Crippen LogP contribution >= 0.6 is 0 Å². The zero-order chi connectivity index (χ0) is 19.7. The molecule has 0 radical (unpaired) electrons. The zero-order valence-electron chi connectivity index (χ0n) is 16.4. The molecular weight excluding hydrogens is 356 g/mol. The normalized spacial score (nSPS) is 15.2. The molecule has 3 heterocycles. The van der Waals surface area contributed by atoms with Gasteiger partial charge in [-0.05, 0) is 51.1 Å². The molecule has 0 saturated carbocycles. The SMILES string of the molecule is CC(=O)c1ccc(N2CCN(Cc3nnc(-c4cc(C)oc4C)o3)CC2)cc1. The number of carbonyl (C=O) groups is 1. The van der Waals surface area contributed by atoms with Gasteiger partial charge in [0, 0.05) is 37.4 Å². The van der Waals surface area contributed by atoms with Crippen LogP contribution in [-0.4, -0.2) is 47.1 Å². The molecule has 4 rings (SSSR count). The van der Waals surface area contributed by atoms with Gasteiger partial charge in [-0.25, -0.2) is 0 Å². The number of anilines is 1. The van der Waals surface area contributed by atoms with Gasteiger partial charge in [-0.1, -0.05) is 0 Å². The van der Waals surface area contributed by atoms with Crippen molar-refractivity contribution in [3.05, 3.63) is 53.3 Å². The van der Waals surface area contributed by atoms with E-state index in [1.54, 1.807) is 6.92 Å². The van der Waals surface area contributed by atoms with Crippen LogP contribution < -0.4 is 4.90 Å². The van der Waals surface area contributed by atoms with Crippen LogP contribution in [0.5, 0.6) is 0 Å². The fourth-order valence-corrected chi connectivity index (χ4v) is 3.53. The van der Waals surface area contributed by atoms with E-state index in [1.807, 2.05) is 44.2 Å². The number of piperazine rings is 1. The van der Waals surface area contributed by atoms with E-state index in [2.05, 4.69) is 20.0 Å². The highest BCUT2D eigenvalue weighted by Crippen LogP contribution is 2.26. The minimum absolute atomic E-state index is 0.0936. The van der Waals surface area contributed by atoms with Crippen molar-refractivity contribution >= 4 is 11.5 Å². The number of carbonyl (C=O) groups excluding carboxylic acids is 1. The first kappa shape index (κ1) is 18.4. The summed E-state index contributed by atoms with van der Waals surface area (Å²) < 4.78 is 11.4. The van der Waals surface area contributed by atoms with Gasteiger partial charge >= 0.3 is 0 Å². The van der Waals surface area contributed by atoms with Gasteiger partial charge in [0.1, 0.15) is 11.5 Å². The third-order valence-electron chi connectivity index (χ3n) is 5.11. The molecule has 0 bridgehead atoms. The minimum atomic E-state index is 0.0936. The summed E-state index contributed by atoms with van der Waals surface area (Å²) in [5, 5.41) is 8.36. The monoisotopic (exact) mass is 380 g/mol. The van der Waals surface area contributed by atoms with E-state index in [0.717, 1.165) is 54.5 Å². The average Bonchev–Trinajstić information content (AvgIpc) is 3.28. The molecule has 0 spiro atoms. The lowest BCUT2D eigenvalue weighted by Gasteiger charge is -2.35. The molecule has 0 amide bonds. The van der Waals surface area contributed by atoms with E-state index < -0.39 is 0 Å². The number of aromatic nitrogens is 2. The second-order valence-electron chi connectivity index (χ2n) is 7.19. The second kappa shape index (κ2) is 7.59. The first-order valence-electron chi connectivity index (χ1n) is 9.47. The van der Waals surface area contributed by atoms with Gasteiger partial charge in [-0.2, -0.15) is 0 Å². The molecule has 146 valence electrons. The van der Waals surface area contributed by atoms with Crippen molar-refractivity contribution in [3.8, 4) is 11.5 Å². The van der Waals surface area contributed by atoms with Crippen LogP contribution in [-0.2, 0) is 6.54 Å². The predicted octanol–water partition coefficient (Wildman–Crippen LogP) is 3.47. The molecule has 1 aliphatic heterocycles. The molecular formula is C21H24N4O3. The lowest BCUT2D eigenvalue weighted by atomic mass is 10.1. The van der Waals surface area contributed by atoms with Gasteiger partial charge in [-0.3, -0.25) is 9.69 Å². The largest absolute Gasteiger partial charge is 0.466 e. The summed E-state index contributed by atoms with van der Waals surface area (Å²) in [6.45, 7) is 9.69. The summed E-state index contributed by atoms with van der Waals surface area (Å²) in [5.74, 6) is 2.84. The molecule has 2 aromatic heterocycles. The minimum Gasteiger partial charge on any atom is -0.466 e. The Labute approximate surface area is 164 Å². The Hall–Kier alpha value is -2.93. The van der Waals surface area contributed by atoms with E-state index in [0.29, 0.717) is 18.3 Å². The van der Waals surface area contributed by atoms with Gasteiger partial charge in [0.05, 0.1) is 12.1 Å². The highest BCUT2D eigenvalue weighted by atomic mass is 16.4. The van der Waals surface area contributed by atoms with Crippen LogP contribution in [0.3, 0.4) is 0 Å². The third kappa shape index (κ3) is 3.84. The highest BCUT2D eigenvalue weighted by molar-refractivity contribution is 5.94. The quantitative estimate of drug-likeness (QED) is 0.627. The number of hydrogen-bond acceptors (Lipinski definition) is 7. The molecule has 0 atom stereocenters. The van der Waals surface area contributed by atoms with Crippen LogP contribution in [0, 0.1) is 13.8 Å². The van der Waals surface area contributed by atoms with Crippen molar-refractivity contribution in [2.75, 3.05) is 31.1 Å². The van der Waals surface area contributed by atoms with E-state index >= 15 is 0 Å². The molecule has 7 nitrogen and oxygen atoms in total. The van der Waals surface area contributed by atoms with Crippen molar-refractivity contribution in [1.82, 2.24) is 15.1 Å². The Kier molecular flexibility index (Phi) is 5.00. The predicted molar refractivity (Wildman–Crippen MR) is 105 cm³/mol. The van der Waals surface area contributed by atoms with Crippen LogP contribution in [0.2, 0.25) is 0 Å². The molecule has 28 heavy (non-hydrogen) atoms. The number of rotatable bonds is 5. The number of Topliss-reactive ketones (excluding diaryl/α,β-unsaturated/α-hetero) is 1. The average molecular weight is 380 g/mol. The number of benzene rings is 1. The maximum absolute atomic E-state index is 11.4. The molecule has 1 saturated heterocycles. The van der Waals surface area contributed by atoms with Crippen molar-refractivity contribution in [2.45, 2.75) is 27.3 Å². The van der Waals surface area contributed by atoms with Gasteiger partial charge in [0.2, 0.25) is 5.89 Å². The lowest BCUT2D eigenvalue weighted by Crippen LogP contribution is -2.46. The number of nitrogens with zero attached hydrogens (tertiary/aromatic N) is 4. The topological polar surface area (TPSA) is 75.6 Å². The van der Waals surface area contributed by atoms with Gasteiger partial charge in [0.15, 0.2) is 5.78 Å². The Bertz CT molecular complexity index is 966. The molecule has 1 fully saturated rings.